The number of amides is 1. The molecule has 0 aliphatic heterocycles. The van der Waals surface area contributed by atoms with Gasteiger partial charge in [0.2, 0.25) is 5.91 Å². The first kappa shape index (κ1) is 21.0. The number of hydrogen-bond acceptors (Lipinski definition) is 6. The van der Waals surface area contributed by atoms with E-state index in [1.807, 2.05) is 6.92 Å². The molecule has 1 N–H and O–H groups in total. The fourth-order valence-electron chi connectivity index (χ4n) is 2.31. The quantitative estimate of drug-likeness (QED) is 0.782. The molecule has 2 rings (SSSR count). The lowest BCUT2D eigenvalue weighted by Gasteiger charge is -2.23. The molecular weight excluding hydrogens is 388 g/mol. The van der Waals surface area contributed by atoms with Crippen molar-refractivity contribution < 1.29 is 21.6 Å². The molecule has 0 saturated heterocycles. The molecule has 0 fully saturated rings. The monoisotopic (exact) mass is 410 g/mol. The lowest BCUT2D eigenvalue weighted by molar-refractivity contribution is -0.117. The number of aromatic nitrogens is 1. The number of anilines is 1. The Kier molecular flexibility index (Phi) is 5.77. The van der Waals surface area contributed by atoms with Gasteiger partial charge in [-0.2, -0.15) is 0 Å². The minimum Gasteiger partial charge on any atom is -0.309 e. The number of carbonyl (C=O) groups is 1. The first-order valence-electron chi connectivity index (χ1n) is 8.20. The van der Waals surface area contributed by atoms with Gasteiger partial charge in [-0.25, -0.2) is 21.8 Å². The Balaban J connectivity index is 2.33. The molecule has 146 valence electrons. The van der Waals surface area contributed by atoms with Crippen molar-refractivity contribution in [1.29, 1.82) is 0 Å². The summed E-state index contributed by atoms with van der Waals surface area (Å²) >= 11 is 0. The molecule has 2 aromatic rings. The molecule has 0 atom stereocenters. The first-order chi connectivity index (χ1) is 12.4. The number of benzene rings is 1. The summed E-state index contributed by atoms with van der Waals surface area (Å²) in [6, 6.07) is 8.29. The van der Waals surface area contributed by atoms with Crippen LogP contribution in [0.15, 0.2) is 52.4 Å². The molecule has 9 heteroatoms. The number of sulfone groups is 2. The van der Waals surface area contributed by atoms with E-state index in [1.165, 1.54) is 38.1 Å². The SMILES string of the molecule is CCc1ccnc(NC(=O)C(C)(C)S(=O)(=O)c2ccc(S(C)(=O)=O)cc2)c1. The highest BCUT2D eigenvalue weighted by Crippen LogP contribution is 2.27. The van der Waals surface area contributed by atoms with Crippen molar-refractivity contribution in [3.05, 3.63) is 48.2 Å². The summed E-state index contributed by atoms with van der Waals surface area (Å²) in [6.07, 6.45) is 3.32. The van der Waals surface area contributed by atoms with E-state index in [-0.39, 0.29) is 15.6 Å². The third kappa shape index (κ3) is 4.36. The molecule has 27 heavy (non-hydrogen) atoms. The maximum Gasteiger partial charge on any atom is 0.246 e. The van der Waals surface area contributed by atoms with Gasteiger partial charge in [-0.05, 0) is 62.2 Å². The van der Waals surface area contributed by atoms with Gasteiger partial charge in [0.1, 0.15) is 10.6 Å². The summed E-state index contributed by atoms with van der Waals surface area (Å²) < 4.78 is 47.2. The van der Waals surface area contributed by atoms with Gasteiger partial charge in [-0.3, -0.25) is 4.79 Å². The van der Waals surface area contributed by atoms with Crippen LogP contribution >= 0.6 is 0 Å². The van der Waals surface area contributed by atoms with Crippen LogP contribution < -0.4 is 5.32 Å². The van der Waals surface area contributed by atoms with Crippen LogP contribution in [-0.2, 0) is 30.9 Å². The molecule has 1 aromatic heterocycles. The van der Waals surface area contributed by atoms with Gasteiger partial charge >= 0.3 is 0 Å². The van der Waals surface area contributed by atoms with Crippen molar-refractivity contribution in [2.75, 3.05) is 11.6 Å². The predicted octanol–water partition coefficient (Wildman–Crippen LogP) is 2.24. The van der Waals surface area contributed by atoms with Gasteiger partial charge in [0.25, 0.3) is 0 Å². The molecule has 7 nitrogen and oxygen atoms in total. The topological polar surface area (TPSA) is 110 Å². The molecule has 1 amide bonds. The Morgan fingerprint density at radius 1 is 1.04 bits per heavy atom. The molecule has 0 bridgehead atoms. The van der Waals surface area contributed by atoms with E-state index in [1.54, 1.807) is 18.3 Å². The zero-order chi connectivity index (χ0) is 20.5. The number of nitrogens with one attached hydrogen (secondary N) is 1. The van der Waals surface area contributed by atoms with Crippen molar-refractivity contribution in [3.8, 4) is 0 Å². The van der Waals surface area contributed by atoms with Crippen molar-refractivity contribution in [1.82, 2.24) is 4.98 Å². The summed E-state index contributed by atoms with van der Waals surface area (Å²) in [7, 11) is -7.52. The average Bonchev–Trinajstić information content (AvgIpc) is 2.61. The molecular formula is C18H22N2O5S2. The normalized spacial score (nSPS) is 12.6. The highest BCUT2D eigenvalue weighted by molar-refractivity contribution is 7.93. The van der Waals surface area contributed by atoms with Gasteiger partial charge in [-0.15, -0.1) is 0 Å². The van der Waals surface area contributed by atoms with Gasteiger partial charge in [-0.1, -0.05) is 6.92 Å². The average molecular weight is 411 g/mol. The summed E-state index contributed by atoms with van der Waals surface area (Å²) in [4.78, 5) is 16.6. The second-order valence-corrected chi connectivity index (χ2v) is 11.1. The predicted molar refractivity (Wildman–Crippen MR) is 103 cm³/mol. The zero-order valence-corrected chi connectivity index (χ0v) is 17.2. The van der Waals surface area contributed by atoms with Crippen LogP contribution in [-0.4, -0.2) is 38.7 Å². The maximum atomic E-state index is 12.9. The van der Waals surface area contributed by atoms with E-state index in [0.29, 0.717) is 0 Å². The van der Waals surface area contributed by atoms with Crippen molar-refractivity contribution in [2.45, 2.75) is 41.7 Å². The van der Waals surface area contributed by atoms with Crippen molar-refractivity contribution >= 4 is 31.4 Å². The third-order valence-electron chi connectivity index (χ3n) is 4.26. The highest BCUT2D eigenvalue weighted by Gasteiger charge is 2.43. The van der Waals surface area contributed by atoms with E-state index in [4.69, 9.17) is 0 Å². The van der Waals surface area contributed by atoms with Crippen LogP contribution in [0.5, 0.6) is 0 Å². The van der Waals surface area contributed by atoms with Crippen molar-refractivity contribution in [2.24, 2.45) is 0 Å². The number of nitrogens with zero attached hydrogens (tertiary/aromatic N) is 1. The smallest absolute Gasteiger partial charge is 0.246 e. The molecule has 1 aromatic carbocycles. The molecule has 0 spiro atoms. The summed E-state index contributed by atoms with van der Waals surface area (Å²) in [6.45, 7) is 4.55. The van der Waals surface area contributed by atoms with Crippen LogP contribution in [0.2, 0.25) is 0 Å². The number of rotatable bonds is 6. The van der Waals surface area contributed by atoms with Crippen LogP contribution in [0.25, 0.3) is 0 Å². The van der Waals surface area contributed by atoms with E-state index in [0.717, 1.165) is 18.2 Å². The second-order valence-electron chi connectivity index (χ2n) is 6.61. The Bertz CT molecular complexity index is 1060. The van der Waals surface area contributed by atoms with Crippen LogP contribution in [0.3, 0.4) is 0 Å². The van der Waals surface area contributed by atoms with E-state index in [9.17, 15) is 21.6 Å². The van der Waals surface area contributed by atoms with Crippen LogP contribution in [0.4, 0.5) is 5.82 Å². The fourth-order valence-corrected chi connectivity index (χ4v) is 4.32. The van der Waals surface area contributed by atoms with Crippen LogP contribution in [0.1, 0.15) is 26.3 Å². The van der Waals surface area contributed by atoms with E-state index in [2.05, 4.69) is 10.3 Å². The fraction of sp³-hybridized carbons (Fsp3) is 0.333. The van der Waals surface area contributed by atoms with E-state index >= 15 is 0 Å². The lowest BCUT2D eigenvalue weighted by Crippen LogP contribution is -2.44. The Hall–Kier alpha value is -2.26. The maximum absolute atomic E-state index is 12.9. The number of pyridine rings is 1. The van der Waals surface area contributed by atoms with Gasteiger partial charge in [0.05, 0.1) is 9.79 Å². The largest absolute Gasteiger partial charge is 0.309 e. The zero-order valence-electron chi connectivity index (χ0n) is 15.6. The second kappa shape index (κ2) is 7.40. The van der Waals surface area contributed by atoms with E-state index < -0.39 is 30.3 Å². The number of hydrogen-bond donors (Lipinski definition) is 1. The molecule has 0 unspecified atom stereocenters. The highest BCUT2D eigenvalue weighted by atomic mass is 32.2. The lowest BCUT2D eigenvalue weighted by atomic mass is 10.2. The summed E-state index contributed by atoms with van der Waals surface area (Å²) in [5, 5.41) is 2.54. The first-order valence-corrected chi connectivity index (χ1v) is 11.6. The third-order valence-corrected chi connectivity index (χ3v) is 7.81. The van der Waals surface area contributed by atoms with Gasteiger partial charge in [0.15, 0.2) is 19.7 Å². The minimum atomic E-state index is -4.07. The molecule has 0 aliphatic carbocycles. The standard InChI is InChI=1S/C18H22N2O5S2/c1-5-13-10-11-19-16(12-13)20-17(21)18(2,3)27(24,25)15-8-6-14(7-9-15)26(4,22)23/h6-12H,5H2,1-4H3,(H,19,20,21). The minimum absolute atomic E-state index is 0.00397. The summed E-state index contributed by atoms with van der Waals surface area (Å²) in [5.41, 5.74) is 0.956. The Labute approximate surface area is 159 Å². The molecule has 0 aliphatic rings. The van der Waals surface area contributed by atoms with Gasteiger partial charge in [0, 0.05) is 12.5 Å². The number of aryl methyl sites for hydroxylation is 1. The van der Waals surface area contributed by atoms with Gasteiger partial charge < -0.3 is 5.32 Å². The molecule has 0 radical (unpaired) electrons. The molecule has 0 saturated carbocycles. The van der Waals surface area contributed by atoms with Crippen molar-refractivity contribution in [3.63, 3.8) is 0 Å². The van der Waals surface area contributed by atoms with Crippen LogP contribution in [0, 0.1) is 0 Å². The summed E-state index contributed by atoms with van der Waals surface area (Å²) in [5.74, 6) is -0.453. The molecule has 1 heterocycles. The Morgan fingerprint density at radius 3 is 2.11 bits per heavy atom. The number of carbonyl (C=O) groups excluding carboxylic acids is 1. The Morgan fingerprint density at radius 2 is 1.59 bits per heavy atom.